The quantitative estimate of drug-likeness (QED) is 0.793. The Morgan fingerprint density at radius 1 is 1.40 bits per heavy atom. The second-order valence-electron chi connectivity index (χ2n) is 3.32. The zero-order valence-electron chi connectivity index (χ0n) is 7.67. The second-order valence-corrected chi connectivity index (χ2v) is 5.47. The minimum atomic E-state index is -0.163. The number of aromatic amines is 1. The van der Waals surface area contributed by atoms with Crippen LogP contribution in [0, 0.1) is 0 Å². The number of amides is 1. The third-order valence-corrected chi connectivity index (χ3v) is 3.45. The summed E-state index contributed by atoms with van der Waals surface area (Å²) in [6.45, 7) is 0.540. The van der Waals surface area contributed by atoms with Gasteiger partial charge in [0.2, 0.25) is 11.3 Å². The number of nitrogens with one attached hydrogen (secondary N) is 1. The van der Waals surface area contributed by atoms with Crippen molar-refractivity contribution in [1.29, 1.82) is 0 Å². The smallest absolute Gasteiger partial charge is 0.228 e. The molecule has 1 unspecified atom stereocenters. The van der Waals surface area contributed by atoms with Crippen molar-refractivity contribution in [2.24, 2.45) is 0 Å². The average Bonchev–Trinajstić information content (AvgIpc) is 2.50. The van der Waals surface area contributed by atoms with Gasteiger partial charge in [0.15, 0.2) is 0 Å². The molecular formula is C9H8Br2N2O2. The fraction of sp³-hybridized carbons (Fsp3) is 0.333. The summed E-state index contributed by atoms with van der Waals surface area (Å²) in [5, 5.41) is 0. The Kier molecular flexibility index (Phi) is 2.97. The maximum Gasteiger partial charge on any atom is 0.228 e. The van der Waals surface area contributed by atoms with E-state index in [2.05, 4.69) is 36.8 Å². The van der Waals surface area contributed by atoms with E-state index in [1.165, 1.54) is 4.90 Å². The minimum absolute atomic E-state index is 0.0273. The number of hydrogen-bond donors (Lipinski definition) is 1. The van der Waals surface area contributed by atoms with Crippen LogP contribution in [0.3, 0.4) is 0 Å². The fourth-order valence-corrected chi connectivity index (χ4v) is 2.45. The number of carbonyl (C=O) groups excluding carboxylic acids is 1. The van der Waals surface area contributed by atoms with Crippen LogP contribution in [0.2, 0.25) is 0 Å². The molecule has 1 N–H and O–H groups in total. The van der Waals surface area contributed by atoms with Gasteiger partial charge in [0.05, 0.1) is 4.47 Å². The summed E-state index contributed by atoms with van der Waals surface area (Å²) in [6, 6.07) is 0. The Balaban J connectivity index is 2.42. The summed E-state index contributed by atoms with van der Waals surface area (Å²) in [5.41, 5.74) is 0.236. The molecule has 1 fully saturated rings. The highest BCUT2D eigenvalue weighted by molar-refractivity contribution is 9.10. The number of nitrogens with zero attached hydrogens (tertiary/aromatic N) is 1. The summed E-state index contributed by atoms with van der Waals surface area (Å²) >= 11 is 6.51. The second kappa shape index (κ2) is 4.09. The molecule has 0 saturated carbocycles. The van der Waals surface area contributed by atoms with E-state index in [1.54, 1.807) is 12.4 Å². The van der Waals surface area contributed by atoms with Crippen LogP contribution in [-0.4, -0.2) is 22.3 Å². The topological polar surface area (TPSA) is 53.2 Å². The number of halogens is 2. The van der Waals surface area contributed by atoms with Crippen LogP contribution in [-0.2, 0) is 4.79 Å². The molecule has 0 aliphatic carbocycles. The summed E-state index contributed by atoms with van der Waals surface area (Å²) < 4.78 is 0.436. The Hall–Kier alpha value is -0.620. The molecule has 0 spiro atoms. The van der Waals surface area contributed by atoms with Crippen LogP contribution in [0.1, 0.15) is 6.42 Å². The molecule has 1 aromatic rings. The predicted octanol–water partition coefficient (Wildman–Crippen LogP) is 1.64. The molecule has 15 heavy (non-hydrogen) atoms. The first-order valence-corrected chi connectivity index (χ1v) is 6.11. The summed E-state index contributed by atoms with van der Waals surface area (Å²) in [5.74, 6) is -0.0273. The molecule has 1 saturated heterocycles. The molecule has 1 aliphatic rings. The van der Waals surface area contributed by atoms with Crippen LogP contribution in [0.5, 0.6) is 0 Å². The van der Waals surface area contributed by atoms with Gasteiger partial charge in [-0.2, -0.15) is 0 Å². The van der Waals surface area contributed by atoms with Gasteiger partial charge in [-0.05, 0) is 15.9 Å². The minimum Gasteiger partial charge on any atom is -0.365 e. The molecule has 1 aliphatic heterocycles. The normalized spacial score (nSPS) is 21.1. The van der Waals surface area contributed by atoms with E-state index in [4.69, 9.17) is 0 Å². The number of rotatable bonds is 1. The lowest BCUT2D eigenvalue weighted by atomic mass is 10.3. The van der Waals surface area contributed by atoms with Crippen molar-refractivity contribution in [2.75, 3.05) is 11.4 Å². The molecule has 2 rings (SSSR count). The summed E-state index contributed by atoms with van der Waals surface area (Å²) in [6.07, 6.45) is 3.54. The number of hydrogen-bond acceptors (Lipinski definition) is 2. The molecule has 2 heterocycles. The Morgan fingerprint density at radius 2 is 2.13 bits per heavy atom. The molecule has 1 aromatic heterocycles. The van der Waals surface area contributed by atoms with Crippen LogP contribution >= 0.6 is 31.9 Å². The van der Waals surface area contributed by atoms with Crippen LogP contribution in [0.4, 0.5) is 5.69 Å². The zero-order valence-corrected chi connectivity index (χ0v) is 10.8. The summed E-state index contributed by atoms with van der Waals surface area (Å²) in [4.78, 5) is 27.8. The monoisotopic (exact) mass is 334 g/mol. The van der Waals surface area contributed by atoms with E-state index in [0.29, 0.717) is 23.1 Å². The fourth-order valence-electron chi connectivity index (χ4n) is 1.54. The van der Waals surface area contributed by atoms with Crippen LogP contribution in [0.15, 0.2) is 21.7 Å². The number of alkyl halides is 1. The van der Waals surface area contributed by atoms with Crippen molar-refractivity contribution in [1.82, 2.24) is 4.98 Å². The standard InChI is InChI=1S/C9H8Br2N2O2/c10-5-1-8(14)13(4-5)7-3-12-2-6(11)9(7)15/h2-3,5H,1,4H2,(H,12,15). The van der Waals surface area contributed by atoms with Crippen LogP contribution < -0.4 is 10.3 Å². The third kappa shape index (κ3) is 2.01. The largest absolute Gasteiger partial charge is 0.365 e. The lowest BCUT2D eigenvalue weighted by Gasteiger charge is -2.14. The van der Waals surface area contributed by atoms with Gasteiger partial charge < -0.3 is 9.88 Å². The van der Waals surface area contributed by atoms with Crippen molar-refractivity contribution in [3.05, 3.63) is 27.1 Å². The zero-order chi connectivity index (χ0) is 11.0. The molecule has 1 atom stereocenters. The van der Waals surface area contributed by atoms with Crippen molar-refractivity contribution >= 4 is 43.5 Å². The first-order chi connectivity index (χ1) is 7.09. The van der Waals surface area contributed by atoms with Crippen molar-refractivity contribution < 1.29 is 4.79 Å². The van der Waals surface area contributed by atoms with Crippen LogP contribution in [0.25, 0.3) is 0 Å². The maximum absolute atomic E-state index is 11.7. The maximum atomic E-state index is 11.7. The van der Waals surface area contributed by atoms with E-state index in [0.717, 1.165) is 0 Å². The van der Waals surface area contributed by atoms with Gasteiger partial charge in [-0.25, -0.2) is 0 Å². The molecule has 0 radical (unpaired) electrons. The first kappa shape index (κ1) is 10.9. The van der Waals surface area contributed by atoms with Gasteiger partial charge >= 0.3 is 0 Å². The Labute approximate surface area is 103 Å². The average molecular weight is 336 g/mol. The van der Waals surface area contributed by atoms with Crippen molar-refractivity contribution in [3.8, 4) is 0 Å². The van der Waals surface area contributed by atoms with Gasteiger partial charge in [-0.15, -0.1) is 0 Å². The molecule has 1 amide bonds. The van der Waals surface area contributed by atoms with E-state index < -0.39 is 0 Å². The highest BCUT2D eigenvalue weighted by Gasteiger charge is 2.30. The predicted molar refractivity (Wildman–Crippen MR) is 64.4 cm³/mol. The number of pyridine rings is 1. The van der Waals surface area contributed by atoms with Gasteiger partial charge in [0.1, 0.15) is 5.69 Å². The van der Waals surface area contributed by atoms with E-state index in [-0.39, 0.29) is 16.2 Å². The lowest BCUT2D eigenvalue weighted by molar-refractivity contribution is -0.117. The van der Waals surface area contributed by atoms with Gasteiger partial charge in [0, 0.05) is 30.2 Å². The van der Waals surface area contributed by atoms with E-state index in [9.17, 15) is 9.59 Å². The number of carbonyl (C=O) groups is 1. The number of aromatic nitrogens is 1. The number of anilines is 1. The lowest BCUT2D eigenvalue weighted by Crippen LogP contribution is -2.29. The number of H-pyrrole nitrogens is 1. The molecule has 0 bridgehead atoms. The highest BCUT2D eigenvalue weighted by atomic mass is 79.9. The Morgan fingerprint density at radius 3 is 2.73 bits per heavy atom. The highest BCUT2D eigenvalue weighted by Crippen LogP contribution is 2.22. The first-order valence-electron chi connectivity index (χ1n) is 4.40. The van der Waals surface area contributed by atoms with Crippen molar-refractivity contribution in [2.45, 2.75) is 11.2 Å². The van der Waals surface area contributed by atoms with E-state index in [1.807, 2.05) is 0 Å². The van der Waals surface area contributed by atoms with E-state index >= 15 is 0 Å². The van der Waals surface area contributed by atoms with Gasteiger partial charge in [-0.1, -0.05) is 15.9 Å². The third-order valence-electron chi connectivity index (χ3n) is 2.25. The van der Waals surface area contributed by atoms with Gasteiger partial charge in [-0.3, -0.25) is 9.59 Å². The Bertz CT molecular complexity index is 458. The molecule has 6 heteroatoms. The molecule has 80 valence electrons. The SMILES string of the molecule is O=C1CC(Br)CN1c1c[nH]cc(Br)c1=O. The molecular weight excluding hydrogens is 328 g/mol. The molecule has 0 aromatic carbocycles. The molecule has 4 nitrogen and oxygen atoms in total. The van der Waals surface area contributed by atoms with Gasteiger partial charge in [0.25, 0.3) is 0 Å². The van der Waals surface area contributed by atoms with Crippen molar-refractivity contribution in [3.63, 3.8) is 0 Å². The summed E-state index contributed by atoms with van der Waals surface area (Å²) in [7, 11) is 0.